The number of piperidine rings is 1. The minimum Gasteiger partial charge on any atom is -0.342 e. The third-order valence-corrected chi connectivity index (χ3v) is 4.38. The molecule has 1 saturated heterocycles. The van der Waals surface area contributed by atoms with Crippen molar-refractivity contribution in [3.8, 4) is 0 Å². The molecule has 116 valence electrons. The van der Waals surface area contributed by atoms with Crippen LogP contribution in [0, 0.1) is 5.82 Å². The van der Waals surface area contributed by atoms with Crippen LogP contribution in [0.5, 0.6) is 0 Å². The van der Waals surface area contributed by atoms with Gasteiger partial charge in [0.15, 0.2) is 0 Å². The van der Waals surface area contributed by atoms with E-state index >= 15 is 0 Å². The van der Waals surface area contributed by atoms with E-state index in [9.17, 15) is 9.18 Å². The highest BCUT2D eigenvalue weighted by molar-refractivity contribution is 6.31. The Kier molecular flexibility index (Phi) is 4.38. The Morgan fingerprint density at radius 1 is 1.36 bits per heavy atom. The molecule has 1 aliphatic heterocycles. The van der Waals surface area contributed by atoms with Gasteiger partial charge in [0.25, 0.3) is 0 Å². The molecule has 0 bridgehead atoms. The van der Waals surface area contributed by atoms with Crippen molar-refractivity contribution in [2.24, 2.45) is 0 Å². The Balaban J connectivity index is 1.60. The van der Waals surface area contributed by atoms with Gasteiger partial charge in [-0.05, 0) is 25.0 Å². The van der Waals surface area contributed by atoms with Crippen LogP contribution < -0.4 is 0 Å². The van der Waals surface area contributed by atoms with E-state index < -0.39 is 5.82 Å². The third-order valence-electron chi connectivity index (χ3n) is 4.02. The van der Waals surface area contributed by atoms with Gasteiger partial charge in [0, 0.05) is 29.9 Å². The second kappa shape index (κ2) is 6.44. The first-order chi connectivity index (χ1) is 10.6. The number of hydrogen-bond donors (Lipinski definition) is 0. The minimum absolute atomic E-state index is 0.000497. The summed E-state index contributed by atoms with van der Waals surface area (Å²) in [5.74, 6) is -0.526. The smallest absolute Gasteiger partial charge is 0.227 e. The molecule has 0 spiro atoms. The van der Waals surface area contributed by atoms with Crippen molar-refractivity contribution in [1.29, 1.82) is 0 Å². The molecule has 22 heavy (non-hydrogen) atoms. The van der Waals surface area contributed by atoms with Crippen molar-refractivity contribution >= 4 is 17.5 Å². The molecule has 1 amide bonds. The predicted octanol–water partition coefficient (Wildman–Crippen LogP) is 2.48. The van der Waals surface area contributed by atoms with Crippen LogP contribution >= 0.6 is 11.6 Å². The van der Waals surface area contributed by atoms with Crippen molar-refractivity contribution in [3.05, 3.63) is 47.0 Å². The lowest BCUT2D eigenvalue weighted by atomic mass is 10.0. The van der Waals surface area contributed by atoms with Crippen LogP contribution in [-0.4, -0.2) is 38.9 Å². The number of nitrogens with zero attached hydrogens (tertiary/aromatic N) is 4. The molecule has 0 unspecified atom stereocenters. The van der Waals surface area contributed by atoms with Gasteiger partial charge in [0.2, 0.25) is 5.91 Å². The molecule has 2 heterocycles. The van der Waals surface area contributed by atoms with Gasteiger partial charge in [-0.15, -0.1) is 5.10 Å². The highest BCUT2D eigenvalue weighted by atomic mass is 35.5. The van der Waals surface area contributed by atoms with Crippen molar-refractivity contribution in [1.82, 2.24) is 19.9 Å². The molecule has 5 nitrogen and oxygen atoms in total. The van der Waals surface area contributed by atoms with Crippen molar-refractivity contribution < 1.29 is 9.18 Å². The molecule has 7 heteroatoms. The van der Waals surface area contributed by atoms with Crippen molar-refractivity contribution in [2.45, 2.75) is 25.3 Å². The van der Waals surface area contributed by atoms with E-state index in [1.165, 1.54) is 12.1 Å². The zero-order valence-electron chi connectivity index (χ0n) is 12.0. The molecule has 0 N–H and O–H groups in total. The molecule has 3 rings (SSSR count). The number of carbonyl (C=O) groups excluding carboxylic acids is 1. The molecule has 2 aromatic rings. The van der Waals surface area contributed by atoms with E-state index in [0.717, 1.165) is 12.8 Å². The molecule has 0 aliphatic carbocycles. The molecule has 1 fully saturated rings. The van der Waals surface area contributed by atoms with Gasteiger partial charge < -0.3 is 4.90 Å². The van der Waals surface area contributed by atoms with E-state index in [1.54, 1.807) is 17.2 Å². The Hall–Kier alpha value is -1.95. The van der Waals surface area contributed by atoms with Crippen molar-refractivity contribution in [3.63, 3.8) is 0 Å². The van der Waals surface area contributed by atoms with E-state index in [4.69, 9.17) is 11.6 Å². The highest BCUT2D eigenvalue weighted by Gasteiger charge is 2.25. The Bertz CT molecular complexity index is 633. The second-order valence-corrected chi connectivity index (χ2v) is 5.78. The Morgan fingerprint density at radius 3 is 2.77 bits per heavy atom. The third kappa shape index (κ3) is 3.11. The van der Waals surface area contributed by atoms with Gasteiger partial charge in [-0.25, -0.2) is 9.07 Å². The number of hydrogen-bond acceptors (Lipinski definition) is 3. The molecule has 0 saturated carbocycles. The van der Waals surface area contributed by atoms with Crippen LogP contribution in [0.15, 0.2) is 30.6 Å². The summed E-state index contributed by atoms with van der Waals surface area (Å²) in [5.41, 5.74) is 0.271. The fraction of sp³-hybridized carbons (Fsp3) is 0.400. The molecular weight excluding hydrogens is 307 g/mol. The average Bonchev–Trinajstić information content (AvgIpc) is 3.05. The summed E-state index contributed by atoms with van der Waals surface area (Å²) in [4.78, 5) is 14.1. The second-order valence-electron chi connectivity index (χ2n) is 5.37. The van der Waals surface area contributed by atoms with Crippen LogP contribution in [0.25, 0.3) is 0 Å². The molecule has 1 aliphatic rings. The Labute approximate surface area is 132 Å². The molecular formula is C15H16ClFN4O. The summed E-state index contributed by atoms with van der Waals surface area (Å²) in [5, 5.41) is 8.10. The van der Waals surface area contributed by atoms with Crippen LogP contribution in [-0.2, 0) is 11.2 Å². The maximum Gasteiger partial charge on any atom is 0.227 e. The summed E-state index contributed by atoms with van der Waals surface area (Å²) in [6.45, 7) is 1.27. The van der Waals surface area contributed by atoms with Gasteiger partial charge >= 0.3 is 0 Å². The van der Waals surface area contributed by atoms with E-state index in [0.29, 0.717) is 18.1 Å². The van der Waals surface area contributed by atoms with Gasteiger partial charge in [0.1, 0.15) is 5.82 Å². The van der Waals surface area contributed by atoms with Crippen molar-refractivity contribution in [2.75, 3.05) is 13.1 Å². The summed E-state index contributed by atoms with van der Waals surface area (Å²) >= 11 is 5.97. The number of carbonyl (C=O) groups is 1. The van der Waals surface area contributed by atoms with Crippen LogP contribution in [0.2, 0.25) is 5.02 Å². The zero-order chi connectivity index (χ0) is 15.5. The fourth-order valence-corrected chi connectivity index (χ4v) is 2.99. The minimum atomic E-state index is -0.432. The number of likely N-dealkylation sites (tertiary alicyclic amines) is 1. The summed E-state index contributed by atoms with van der Waals surface area (Å²) in [6.07, 6.45) is 5.12. The molecule has 1 aromatic carbocycles. The lowest BCUT2D eigenvalue weighted by Crippen LogP contribution is -2.40. The first-order valence-electron chi connectivity index (χ1n) is 7.21. The van der Waals surface area contributed by atoms with E-state index in [-0.39, 0.29) is 23.9 Å². The maximum absolute atomic E-state index is 13.8. The number of amides is 1. The topological polar surface area (TPSA) is 51.0 Å². The summed E-state index contributed by atoms with van der Waals surface area (Å²) in [6, 6.07) is 4.73. The lowest BCUT2D eigenvalue weighted by Gasteiger charge is -2.32. The fourth-order valence-electron chi connectivity index (χ4n) is 2.76. The lowest BCUT2D eigenvalue weighted by molar-refractivity contribution is -0.131. The van der Waals surface area contributed by atoms with Crippen LogP contribution in [0.1, 0.15) is 24.4 Å². The SMILES string of the molecule is O=C(Cc1c(F)cccc1Cl)N1CCC(n2ccnn2)CC1. The number of aromatic nitrogens is 3. The van der Waals surface area contributed by atoms with E-state index in [2.05, 4.69) is 10.3 Å². The molecule has 0 radical (unpaired) electrons. The molecule has 0 atom stereocenters. The van der Waals surface area contributed by atoms with Gasteiger partial charge in [-0.3, -0.25) is 4.79 Å². The predicted molar refractivity (Wildman–Crippen MR) is 80.0 cm³/mol. The van der Waals surface area contributed by atoms with E-state index in [1.807, 2.05) is 10.9 Å². The number of benzene rings is 1. The first kappa shape index (κ1) is 15.0. The van der Waals surface area contributed by atoms with Crippen LogP contribution in [0.4, 0.5) is 4.39 Å². The maximum atomic E-state index is 13.8. The molecule has 1 aromatic heterocycles. The monoisotopic (exact) mass is 322 g/mol. The largest absolute Gasteiger partial charge is 0.342 e. The normalized spacial score (nSPS) is 16.0. The average molecular weight is 323 g/mol. The number of rotatable bonds is 3. The first-order valence-corrected chi connectivity index (χ1v) is 7.59. The summed E-state index contributed by atoms with van der Waals surface area (Å²) in [7, 11) is 0. The van der Waals surface area contributed by atoms with Gasteiger partial charge in [0.05, 0.1) is 18.7 Å². The quantitative estimate of drug-likeness (QED) is 0.872. The van der Waals surface area contributed by atoms with Gasteiger partial charge in [-0.2, -0.15) is 0 Å². The van der Waals surface area contributed by atoms with Gasteiger partial charge in [-0.1, -0.05) is 22.9 Å². The Morgan fingerprint density at radius 2 is 2.14 bits per heavy atom. The highest BCUT2D eigenvalue weighted by Crippen LogP contribution is 2.24. The standard InChI is InChI=1S/C15H16ClFN4O/c16-13-2-1-3-14(17)12(13)10-15(22)20-7-4-11(5-8-20)21-9-6-18-19-21/h1-3,6,9,11H,4-5,7-8,10H2. The number of halogens is 2. The van der Waals surface area contributed by atoms with Crippen LogP contribution in [0.3, 0.4) is 0 Å². The summed E-state index contributed by atoms with van der Waals surface area (Å²) < 4.78 is 15.6. The zero-order valence-corrected chi connectivity index (χ0v) is 12.7.